The first-order valence-corrected chi connectivity index (χ1v) is 8.58. The van der Waals surface area contributed by atoms with Crippen LogP contribution < -0.4 is 0 Å². The van der Waals surface area contributed by atoms with Crippen LogP contribution in [0.1, 0.15) is 0 Å². The van der Waals surface area contributed by atoms with E-state index in [4.69, 9.17) is 0 Å². The van der Waals surface area contributed by atoms with Gasteiger partial charge in [-0.3, -0.25) is 29.3 Å². The van der Waals surface area contributed by atoms with Crippen molar-refractivity contribution < 1.29 is 35.8 Å². The van der Waals surface area contributed by atoms with E-state index in [9.17, 15) is 46.2 Å². The lowest BCUT2D eigenvalue weighted by Crippen LogP contribution is -2.14. The molecular formula is C10H6N2O10S2. The summed E-state index contributed by atoms with van der Waals surface area (Å²) in [5.74, 6) is 0. The fourth-order valence-corrected chi connectivity index (χ4v) is 4.38. The maximum absolute atomic E-state index is 11.6. The van der Waals surface area contributed by atoms with Gasteiger partial charge < -0.3 is 0 Å². The molecule has 0 radical (unpaired) electrons. The molecule has 24 heavy (non-hydrogen) atoms. The predicted octanol–water partition coefficient (Wildman–Crippen LogP) is 1.15. The van der Waals surface area contributed by atoms with E-state index in [0.717, 1.165) is 18.2 Å². The van der Waals surface area contributed by atoms with Crippen molar-refractivity contribution >= 4 is 42.4 Å². The summed E-state index contributed by atoms with van der Waals surface area (Å²) in [6.07, 6.45) is 0. The molecule has 0 atom stereocenters. The summed E-state index contributed by atoms with van der Waals surface area (Å²) in [7, 11) is -11.0. The summed E-state index contributed by atoms with van der Waals surface area (Å²) in [5, 5.41) is 21.1. The highest BCUT2D eigenvalue weighted by molar-refractivity contribution is 7.89. The molecule has 0 bridgehead atoms. The van der Waals surface area contributed by atoms with E-state index < -0.39 is 62.0 Å². The number of nitro groups is 2. The Morgan fingerprint density at radius 1 is 0.750 bits per heavy atom. The Morgan fingerprint density at radius 3 is 1.54 bits per heavy atom. The summed E-state index contributed by atoms with van der Waals surface area (Å²) in [6, 6.07) is 4.16. The lowest BCUT2D eigenvalue weighted by molar-refractivity contribution is -0.423. The molecule has 0 spiro atoms. The average Bonchev–Trinajstić information content (AvgIpc) is 2.41. The third kappa shape index (κ3) is 2.78. The molecule has 0 saturated heterocycles. The van der Waals surface area contributed by atoms with Crippen molar-refractivity contribution in [1.29, 1.82) is 0 Å². The molecule has 0 unspecified atom stereocenters. The molecule has 14 heteroatoms. The molecule has 2 N–H and O–H groups in total. The summed E-state index contributed by atoms with van der Waals surface area (Å²) in [5.41, 5.74) is -3.11. The predicted molar refractivity (Wildman–Crippen MR) is 76.9 cm³/mol. The molecular weight excluding hydrogens is 372 g/mol. The van der Waals surface area contributed by atoms with E-state index >= 15 is 0 Å². The van der Waals surface area contributed by atoms with Crippen molar-refractivity contribution in [2.75, 3.05) is 0 Å². The maximum Gasteiger partial charge on any atom is 0.369 e. The van der Waals surface area contributed by atoms with Gasteiger partial charge in [-0.15, -0.1) is 0 Å². The normalized spacial score (nSPS) is 12.2. The molecule has 0 aliphatic carbocycles. The molecule has 12 nitrogen and oxygen atoms in total. The molecule has 2 aromatic carbocycles. The Bertz CT molecular complexity index is 1100. The van der Waals surface area contributed by atoms with Crippen molar-refractivity contribution in [2.45, 2.75) is 9.79 Å². The van der Waals surface area contributed by atoms with Crippen molar-refractivity contribution in [3.63, 3.8) is 0 Å². The van der Waals surface area contributed by atoms with Crippen LogP contribution in [-0.2, 0) is 20.2 Å². The number of benzene rings is 2. The largest absolute Gasteiger partial charge is 0.369 e. The van der Waals surface area contributed by atoms with Crippen LogP contribution in [-0.4, -0.2) is 35.8 Å². The zero-order valence-corrected chi connectivity index (χ0v) is 12.8. The van der Waals surface area contributed by atoms with Crippen LogP contribution in [0.25, 0.3) is 10.8 Å². The van der Waals surface area contributed by atoms with E-state index in [-0.39, 0.29) is 0 Å². The minimum Gasteiger partial charge on any atom is -0.282 e. The number of nitrogens with zero attached hydrogens (tertiary/aromatic N) is 2. The second kappa shape index (κ2) is 5.45. The standard InChI is InChI=1S/C10H6N2O10S2/c13-11(14)7-5-3-1-2-4-6(5)9(23(17,18)19)10(24(20,21)22)8(7)12(15)16/h1-4H,(H,17,18,19)(H,20,21,22). The molecule has 0 aromatic heterocycles. The van der Waals surface area contributed by atoms with Gasteiger partial charge in [0.2, 0.25) is 4.90 Å². The van der Waals surface area contributed by atoms with Gasteiger partial charge in [0.25, 0.3) is 10.1 Å². The molecule has 0 heterocycles. The van der Waals surface area contributed by atoms with Crippen molar-refractivity contribution in [3.05, 3.63) is 44.5 Å². The topological polar surface area (TPSA) is 195 Å². The Kier molecular flexibility index (Phi) is 4.01. The van der Waals surface area contributed by atoms with E-state index in [1.165, 1.54) is 6.07 Å². The first-order valence-electron chi connectivity index (χ1n) is 5.69. The number of fused-ring (bicyclic) bond motifs is 1. The van der Waals surface area contributed by atoms with Crippen molar-refractivity contribution in [1.82, 2.24) is 0 Å². The smallest absolute Gasteiger partial charge is 0.282 e. The summed E-state index contributed by atoms with van der Waals surface area (Å²) < 4.78 is 64.6. The van der Waals surface area contributed by atoms with Crippen molar-refractivity contribution in [2.24, 2.45) is 0 Å². The van der Waals surface area contributed by atoms with Crippen LogP contribution >= 0.6 is 0 Å². The van der Waals surface area contributed by atoms with Crippen molar-refractivity contribution in [3.8, 4) is 0 Å². The molecule has 0 aliphatic rings. The Labute approximate surface area is 133 Å². The van der Waals surface area contributed by atoms with Gasteiger partial charge in [-0.25, -0.2) is 0 Å². The van der Waals surface area contributed by atoms with E-state index in [0.29, 0.717) is 0 Å². The molecule has 0 amide bonds. The Morgan fingerprint density at radius 2 is 1.17 bits per heavy atom. The quantitative estimate of drug-likeness (QED) is 0.442. The van der Waals surface area contributed by atoms with Gasteiger partial charge in [0.1, 0.15) is 4.90 Å². The minimum absolute atomic E-state index is 0.603. The molecule has 2 aromatic rings. The van der Waals surface area contributed by atoms with Gasteiger partial charge in [0, 0.05) is 5.39 Å². The Hall–Kier alpha value is -2.68. The molecule has 0 fully saturated rings. The van der Waals surface area contributed by atoms with Gasteiger partial charge in [-0.2, -0.15) is 16.8 Å². The van der Waals surface area contributed by atoms with E-state index in [1.807, 2.05) is 0 Å². The second-order valence-corrected chi connectivity index (χ2v) is 7.08. The number of hydrogen-bond acceptors (Lipinski definition) is 8. The van der Waals surface area contributed by atoms with Gasteiger partial charge in [0.15, 0.2) is 0 Å². The lowest BCUT2D eigenvalue weighted by Gasteiger charge is -2.10. The number of rotatable bonds is 4. The molecule has 128 valence electrons. The van der Waals surface area contributed by atoms with Gasteiger partial charge in [-0.1, -0.05) is 18.2 Å². The van der Waals surface area contributed by atoms with Crippen LogP contribution in [0.5, 0.6) is 0 Å². The van der Waals surface area contributed by atoms with E-state index in [1.54, 1.807) is 0 Å². The lowest BCUT2D eigenvalue weighted by atomic mass is 10.1. The van der Waals surface area contributed by atoms with Crippen LogP contribution in [0, 0.1) is 20.2 Å². The Balaban J connectivity index is 3.43. The third-order valence-corrected chi connectivity index (χ3v) is 4.94. The molecule has 2 rings (SSSR count). The molecule has 0 saturated carbocycles. The van der Waals surface area contributed by atoms with Crippen LogP contribution in [0.2, 0.25) is 0 Å². The zero-order valence-electron chi connectivity index (χ0n) is 11.2. The average molecular weight is 378 g/mol. The number of hydrogen-bond donors (Lipinski definition) is 2. The monoisotopic (exact) mass is 378 g/mol. The first kappa shape index (κ1) is 17.7. The summed E-state index contributed by atoms with van der Waals surface area (Å²) in [6.45, 7) is 0. The van der Waals surface area contributed by atoms with E-state index in [2.05, 4.69) is 0 Å². The number of nitro benzene ring substituents is 2. The highest BCUT2D eigenvalue weighted by Gasteiger charge is 2.43. The maximum atomic E-state index is 11.6. The first-order chi connectivity index (χ1) is 10.9. The van der Waals surface area contributed by atoms with Gasteiger partial charge in [0.05, 0.1) is 15.2 Å². The summed E-state index contributed by atoms with van der Waals surface area (Å²) in [4.78, 5) is 16.2. The van der Waals surface area contributed by atoms with Crippen LogP contribution in [0.3, 0.4) is 0 Å². The van der Waals surface area contributed by atoms with Crippen LogP contribution in [0.15, 0.2) is 34.1 Å². The molecule has 0 aliphatic heterocycles. The SMILES string of the molecule is O=[N+]([O-])c1c(S(=O)(=O)O)c(S(=O)(=O)O)c2ccccc2c1[N+](=O)[O-]. The highest BCUT2D eigenvalue weighted by atomic mass is 32.2. The zero-order chi connectivity index (χ0) is 18.4. The highest BCUT2D eigenvalue weighted by Crippen LogP contribution is 2.45. The minimum atomic E-state index is -5.63. The van der Waals surface area contributed by atoms with Gasteiger partial charge >= 0.3 is 21.5 Å². The third-order valence-electron chi connectivity index (χ3n) is 2.95. The van der Waals surface area contributed by atoms with Gasteiger partial charge in [-0.05, 0) is 6.07 Å². The fourth-order valence-electron chi connectivity index (χ4n) is 2.20. The summed E-state index contributed by atoms with van der Waals surface area (Å²) >= 11 is 0. The fraction of sp³-hybridized carbons (Fsp3) is 0. The second-order valence-electron chi connectivity index (χ2n) is 4.37. The van der Waals surface area contributed by atoms with Crippen LogP contribution in [0.4, 0.5) is 11.4 Å².